The fraction of sp³-hybridized carbons (Fsp3) is 0.300. The molecule has 1 fully saturated rings. The van der Waals surface area contributed by atoms with Crippen LogP contribution in [0.15, 0.2) is 27.6 Å². The van der Waals surface area contributed by atoms with Gasteiger partial charge in [0.25, 0.3) is 0 Å². The van der Waals surface area contributed by atoms with Gasteiger partial charge in [0.05, 0.1) is 9.92 Å². The molecule has 0 unspecified atom stereocenters. The van der Waals surface area contributed by atoms with Gasteiger partial charge >= 0.3 is 5.97 Å². The average Bonchev–Trinajstić information content (AvgIpc) is 3.02. The Morgan fingerprint density at radius 3 is 2.50 bits per heavy atom. The molecule has 0 amide bonds. The normalized spacial score (nSPS) is 17.4. The van der Waals surface area contributed by atoms with Gasteiger partial charge in [-0.25, -0.2) is 8.42 Å². The predicted molar refractivity (Wildman–Crippen MR) is 69.1 cm³/mol. The lowest BCUT2D eigenvalue weighted by atomic mass is 10.3. The molecule has 1 aromatic carbocycles. The molecule has 1 saturated carbocycles. The summed E-state index contributed by atoms with van der Waals surface area (Å²) in [6.07, 6.45) is 0.604. The number of nitrogens with one attached hydrogen (secondary N) is 1. The van der Waals surface area contributed by atoms with Crippen molar-refractivity contribution in [3.63, 3.8) is 0 Å². The van der Waals surface area contributed by atoms with Crippen LogP contribution in [-0.4, -0.2) is 25.0 Å². The van der Waals surface area contributed by atoms with Gasteiger partial charge in [0.15, 0.2) is 0 Å². The summed E-state index contributed by atoms with van der Waals surface area (Å²) in [6.45, 7) is 0. The molecule has 8 heteroatoms. The number of rotatable bonds is 4. The van der Waals surface area contributed by atoms with E-state index >= 15 is 0 Å². The highest BCUT2D eigenvalue weighted by atomic mass is 79.9. The highest BCUT2D eigenvalue weighted by molar-refractivity contribution is 9.10. The Hall–Kier alpha value is -0.630. The van der Waals surface area contributed by atoms with Gasteiger partial charge in [0, 0.05) is 4.47 Å². The molecular formula is C10H9BrClNO4S. The van der Waals surface area contributed by atoms with Gasteiger partial charge in [0.1, 0.15) is 5.54 Å². The fourth-order valence-corrected chi connectivity index (χ4v) is 3.54. The molecule has 5 nitrogen and oxygen atoms in total. The molecule has 0 aromatic heterocycles. The van der Waals surface area contributed by atoms with E-state index in [9.17, 15) is 13.2 Å². The number of carboxylic acid groups (broad SMARTS) is 1. The number of carboxylic acids is 1. The first-order chi connectivity index (χ1) is 8.27. The largest absolute Gasteiger partial charge is 0.480 e. The van der Waals surface area contributed by atoms with E-state index in [4.69, 9.17) is 16.7 Å². The van der Waals surface area contributed by atoms with Gasteiger partial charge in [-0.15, -0.1) is 0 Å². The molecule has 0 saturated heterocycles. The molecule has 0 radical (unpaired) electrons. The summed E-state index contributed by atoms with van der Waals surface area (Å²) in [5, 5.41) is 9.34. The van der Waals surface area contributed by atoms with Gasteiger partial charge in [-0.1, -0.05) is 11.6 Å². The van der Waals surface area contributed by atoms with E-state index < -0.39 is 21.5 Å². The van der Waals surface area contributed by atoms with Gasteiger partial charge in [-0.3, -0.25) is 4.79 Å². The molecule has 1 aliphatic carbocycles. The zero-order valence-electron chi connectivity index (χ0n) is 8.98. The monoisotopic (exact) mass is 353 g/mol. The van der Waals surface area contributed by atoms with E-state index in [1.165, 1.54) is 18.2 Å². The third-order valence-electron chi connectivity index (χ3n) is 2.69. The van der Waals surface area contributed by atoms with E-state index in [1.807, 2.05) is 0 Å². The first-order valence-corrected chi connectivity index (χ1v) is 7.65. The van der Waals surface area contributed by atoms with Crippen molar-refractivity contribution in [3.05, 3.63) is 27.7 Å². The van der Waals surface area contributed by atoms with Crippen LogP contribution in [0.5, 0.6) is 0 Å². The van der Waals surface area contributed by atoms with E-state index in [0.717, 1.165) is 0 Å². The molecule has 0 spiro atoms. The summed E-state index contributed by atoms with van der Waals surface area (Å²) in [6, 6.07) is 4.09. The molecule has 1 aromatic rings. The van der Waals surface area contributed by atoms with Crippen molar-refractivity contribution in [1.82, 2.24) is 4.72 Å². The highest BCUT2D eigenvalue weighted by Crippen LogP contribution is 2.37. The summed E-state index contributed by atoms with van der Waals surface area (Å²) >= 11 is 8.89. The Kier molecular flexibility index (Phi) is 3.44. The minimum atomic E-state index is -3.86. The first-order valence-electron chi connectivity index (χ1n) is 4.99. The maximum Gasteiger partial charge on any atom is 0.324 e. The molecule has 1 aliphatic rings. The third kappa shape index (κ3) is 2.54. The van der Waals surface area contributed by atoms with E-state index in [1.54, 1.807) is 0 Å². The quantitative estimate of drug-likeness (QED) is 0.866. The van der Waals surface area contributed by atoms with Crippen molar-refractivity contribution in [2.24, 2.45) is 0 Å². The molecule has 98 valence electrons. The number of carbonyl (C=O) groups is 1. The second kappa shape index (κ2) is 4.48. The smallest absolute Gasteiger partial charge is 0.324 e. The minimum Gasteiger partial charge on any atom is -0.480 e. The average molecular weight is 355 g/mol. The molecular weight excluding hydrogens is 346 g/mol. The van der Waals surface area contributed by atoms with Crippen molar-refractivity contribution in [2.75, 3.05) is 0 Å². The SMILES string of the molecule is O=C(O)C1(NS(=O)(=O)c2ccc(Cl)c(Br)c2)CC1. The number of hydrogen-bond acceptors (Lipinski definition) is 3. The van der Waals surface area contributed by atoms with Crippen LogP contribution < -0.4 is 4.72 Å². The molecule has 0 heterocycles. The van der Waals surface area contributed by atoms with Crippen LogP contribution in [0.2, 0.25) is 5.02 Å². The summed E-state index contributed by atoms with van der Waals surface area (Å²) < 4.78 is 26.7. The lowest BCUT2D eigenvalue weighted by Crippen LogP contribution is -2.42. The van der Waals surface area contributed by atoms with Gasteiger partial charge < -0.3 is 5.11 Å². The van der Waals surface area contributed by atoms with Crippen LogP contribution in [0, 0.1) is 0 Å². The van der Waals surface area contributed by atoms with Gasteiger partial charge in [0.2, 0.25) is 10.0 Å². The molecule has 0 atom stereocenters. The third-order valence-corrected chi connectivity index (χ3v) is 5.44. The van der Waals surface area contributed by atoms with Gasteiger partial charge in [-0.2, -0.15) is 4.72 Å². The summed E-state index contributed by atoms with van der Waals surface area (Å²) in [7, 11) is -3.86. The second-order valence-corrected chi connectivity index (χ2v) is 7.01. The van der Waals surface area contributed by atoms with Crippen LogP contribution >= 0.6 is 27.5 Å². The molecule has 0 aliphatic heterocycles. The van der Waals surface area contributed by atoms with Crippen molar-refractivity contribution in [3.8, 4) is 0 Å². The van der Waals surface area contributed by atoms with E-state index in [2.05, 4.69) is 20.7 Å². The van der Waals surface area contributed by atoms with Gasteiger partial charge in [-0.05, 0) is 47.0 Å². The Labute approximate surface area is 117 Å². The molecule has 2 rings (SSSR count). The number of aliphatic carboxylic acids is 1. The number of benzene rings is 1. The highest BCUT2D eigenvalue weighted by Gasteiger charge is 2.53. The minimum absolute atomic E-state index is 0.0219. The predicted octanol–water partition coefficient (Wildman–Crippen LogP) is 2.00. The molecule has 2 N–H and O–H groups in total. The van der Waals surface area contributed by atoms with Crippen molar-refractivity contribution >= 4 is 43.5 Å². The zero-order valence-corrected chi connectivity index (χ0v) is 12.1. The van der Waals surface area contributed by atoms with Crippen LogP contribution in [0.1, 0.15) is 12.8 Å². The Morgan fingerprint density at radius 1 is 1.44 bits per heavy atom. The maximum atomic E-state index is 12.0. The molecule has 18 heavy (non-hydrogen) atoms. The summed E-state index contributed by atoms with van der Waals surface area (Å²) in [4.78, 5) is 10.9. The van der Waals surface area contributed by atoms with E-state index in [0.29, 0.717) is 22.3 Å². The van der Waals surface area contributed by atoms with Crippen molar-refractivity contribution in [1.29, 1.82) is 0 Å². The first kappa shape index (κ1) is 13.8. The number of halogens is 2. The Balaban J connectivity index is 2.32. The Bertz CT molecular complexity index is 612. The summed E-state index contributed by atoms with van der Waals surface area (Å²) in [5.41, 5.74) is -1.34. The number of hydrogen-bond donors (Lipinski definition) is 2. The van der Waals surface area contributed by atoms with E-state index in [-0.39, 0.29) is 4.90 Å². The fourth-order valence-electron chi connectivity index (χ4n) is 1.44. The lowest BCUT2D eigenvalue weighted by molar-refractivity contribution is -0.140. The second-order valence-electron chi connectivity index (χ2n) is 4.07. The molecule has 0 bridgehead atoms. The maximum absolute atomic E-state index is 12.0. The topological polar surface area (TPSA) is 83.5 Å². The summed E-state index contributed by atoms with van der Waals surface area (Å²) in [5.74, 6) is -1.15. The Morgan fingerprint density at radius 2 is 2.06 bits per heavy atom. The lowest BCUT2D eigenvalue weighted by Gasteiger charge is -2.13. The number of sulfonamides is 1. The van der Waals surface area contributed by atoms with Crippen LogP contribution in [0.3, 0.4) is 0 Å². The zero-order chi connectivity index (χ0) is 13.6. The van der Waals surface area contributed by atoms with Crippen molar-refractivity contribution < 1.29 is 18.3 Å². The van der Waals surface area contributed by atoms with Crippen LogP contribution in [-0.2, 0) is 14.8 Å². The standard InChI is InChI=1S/C10H9BrClNO4S/c11-7-5-6(1-2-8(7)12)18(16,17)13-10(3-4-10)9(14)15/h1-2,5,13H,3-4H2,(H,14,15). The van der Waals surface area contributed by atoms with Crippen LogP contribution in [0.4, 0.5) is 0 Å². The van der Waals surface area contributed by atoms with Crippen LogP contribution in [0.25, 0.3) is 0 Å². The van der Waals surface area contributed by atoms with Crippen molar-refractivity contribution in [2.45, 2.75) is 23.3 Å².